The van der Waals surface area contributed by atoms with Crippen LogP contribution in [0.15, 0.2) is 42.5 Å². The topological polar surface area (TPSA) is 67.5 Å². The van der Waals surface area contributed by atoms with Crippen LogP contribution in [0.25, 0.3) is 0 Å². The Balaban J connectivity index is 2.15. The van der Waals surface area contributed by atoms with Gasteiger partial charge in [0.15, 0.2) is 0 Å². The zero-order valence-electron chi connectivity index (χ0n) is 10.2. The van der Waals surface area contributed by atoms with E-state index in [1.54, 1.807) is 31.4 Å². The van der Waals surface area contributed by atoms with Gasteiger partial charge in [0, 0.05) is 17.8 Å². The van der Waals surface area contributed by atoms with Crippen LogP contribution in [0.4, 0.5) is 11.4 Å². The van der Waals surface area contributed by atoms with Crippen LogP contribution in [0.3, 0.4) is 0 Å². The molecule has 0 aliphatic heterocycles. The van der Waals surface area contributed by atoms with E-state index < -0.39 is 0 Å². The number of aromatic hydroxyl groups is 1. The van der Waals surface area contributed by atoms with Crippen LogP contribution in [0.1, 0.15) is 5.56 Å². The van der Waals surface area contributed by atoms with Crippen molar-refractivity contribution in [3.8, 4) is 11.5 Å². The lowest BCUT2D eigenvalue weighted by Crippen LogP contribution is -2.02. The highest BCUT2D eigenvalue weighted by molar-refractivity contribution is 5.63. The first kappa shape index (κ1) is 12.1. The van der Waals surface area contributed by atoms with Gasteiger partial charge in [0.25, 0.3) is 0 Å². The van der Waals surface area contributed by atoms with Gasteiger partial charge < -0.3 is 20.9 Å². The molecular formula is C14H16N2O2. The van der Waals surface area contributed by atoms with Gasteiger partial charge in [0.1, 0.15) is 11.5 Å². The maximum absolute atomic E-state index is 9.67. The molecule has 0 saturated carbocycles. The molecule has 2 rings (SSSR count). The number of para-hydroxylation sites is 1. The molecule has 4 N–H and O–H groups in total. The second-order valence-corrected chi connectivity index (χ2v) is 3.94. The normalized spacial score (nSPS) is 10.1. The number of hydrogen-bond acceptors (Lipinski definition) is 4. The first-order valence-corrected chi connectivity index (χ1v) is 5.65. The van der Waals surface area contributed by atoms with Crippen molar-refractivity contribution in [2.45, 2.75) is 6.54 Å². The van der Waals surface area contributed by atoms with Gasteiger partial charge >= 0.3 is 0 Å². The van der Waals surface area contributed by atoms with Crippen LogP contribution in [-0.4, -0.2) is 12.2 Å². The maximum Gasteiger partial charge on any atom is 0.142 e. The summed E-state index contributed by atoms with van der Waals surface area (Å²) in [4.78, 5) is 0. The summed E-state index contributed by atoms with van der Waals surface area (Å²) < 4.78 is 5.24. The molecule has 2 aromatic carbocycles. The van der Waals surface area contributed by atoms with E-state index in [1.165, 1.54) is 0 Å². The van der Waals surface area contributed by atoms with Crippen LogP contribution < -0.4 is 15.8 Å². The quantitative estimate of drug-likeness (QED) is 0.723. The van der Waals surface area contributed by atoms with Crippen molar-refractivity contribution in [1.29, 1.82) is 0 Å². The number of nitrogen functional groups attached to an aromatic ring is 1. The molecule has 2 aromatic rings. The number of nitrogens with two attached hydrogens (primary N) is 1. The Labute approximate surface area is 106 Å². The van der Waals surface area contributed by atoms with Gasteiger partial charge in [-0.1, -0.05) is 18.2 Å². The van der Waals surface area contributed by atoms with Crippen LogP contribution >= 0.6 is 0 Å². The van der Waals surface area contributed by atoms with Crippen LogP contribution in [0, 0.1) is 0 Å². The van der Waals surface area contributed by atoms with Gasteiger partial charge in [0.2, 0.25) is 0 Å². The highest BCUT2D eigenvalue weighted by atomic mass is 16.5. The summed E-state index contributed by atoms with van der Waals surface area (Å²) in [5.41, 5.74) is 8.03. The maximum atomic E-state index is 9.67. The number of hydrogen-bond donors (Lipinski definition) is 3. The monoisotopic (exact) mass is 244 g/mol. The van der Waals surface area contributed by atoms with E-state index >= 15 is 0 Å². The van der Waals surface area contributed by atoms with Crippen LogP contribution in [-0.2, 0) is 6.54 Å². The smallest absolute Gasteiger partial charge is 0.142 e. The molecule has 0 aromatic heterocycles. The SMILES string of the molecule is COc1ccc(N)cc1NCc1ccccc1O. The fourth-order valence-electron chi connectivity index (χ4n) is 1.71. The summed E-state index contributed by atoms with van der Waals surface area (Å²) in [6.45, 7) is 0.506. The summed E-state index contributed by atoms with van der Waals surface area (Å²) in [6.07, 6.45) is 0. The van der Waals surface area contributed by atoms with Crippen molar-refractivity contribution < 1.29 is 9.84 Å². The molecule has 0 spiro atoms. The molecule has 0 fully saturated rings. The molecule has 0 radical (unpaired) electrons. The Morgan fingerprint density at radius 3 is 2.72 bits per heavy atom. The van der Waals surface area contributed by atoms with Gasteiger partial charge in [-0.3, -0.25) is 0 Å². The average molecular weight is 244 g/mol. The predicted octanol–water partition coefficient (Wildman–Crippen LogP) is 2.60. The summed E-state index contributed by atoms with van der Waals surface area (Å²) in [7, 11) is 1.61. The molecule has 0 atom stereocenters. The van der Waals surface area contributed by atoms with Crippen LogP contribution in [0.2, 0.25) is 0 Å². The summed E-state index contributed by atoms with van der Waals surface area (Å²) in [5, 5.41) is 12.9. The van der Waals surface area contributed by atoms with Crippen LogP contribution in [0.5, 0.6) is 11.5 Å². The fourth-order valence-corrected chi connectivity index (χ4v) is 1.71. The number of phenols is 1. The Hall–Kier alpha value is -2.36. The number of benzene rings is 2. The average Bonchev–Trinajstić information content (AvgIpc) is 2.38. The third-order valence-electron chi connectivity index (χ3n) is 2.68. The third kappa shape index (κ3) is 2.66. The molecular weight excluding hydrogens is 228 g/mol. The molecule has 4 nitrogen and oxygen atoms in total. The second kappa shape index (κ2) is 5.31. The molecule has 0 saturated heterocycles. The molecule has 94 valence electrons. The highest BCUT2D eigenvalue weighted by Crippen LogP contribution is 2.27. The van der Waals surface area contributed by atoms with E-state index in [1.807, 2.05) is 18.2 Å². The Bertz CT molecular complexity index is 541. The third-order valence-corrected chi connectivity index (χ3v) is 2.68. The van der Waals surface area contributed by atoms with E-state index in [9.17, 15) is 5.11 Å². The molecule has 0 unspecified atom stereocenters. The lowest BCUT2D eigenvalue weighted by Gasteiger charge is -2.12. The van der Waals surface area contributed by atoms with Gasteiger partial charge in [-0.05, 0) is 24.3 Å². The Morgan fingerprint density at radius 2 is 2.00 bits per heavy atom. The Morgan fingerprint density at radius 1 is 1.22 bits per heavy atom. The first-order chi connectivity index (χ1) is 8.70. The van der Waals surface area contributed by atoms with Gasteiger partial charge in [-0.15, -0.1) is 0 Å². The van der Waals surface area contributed by atoms with E-state index in [4.69, 9.17) is 10.5 Å². The van der Waals surface area contributed by atoms with Crippen molar-refractivity contribution in [3.05, 3.63) is 48.0 Å². The lowest BCUT2D eigenvalue weighted by atomic mass is 10.2. The largest absolute Gasteiger partial charge is 0.508 e. The first-order valence-electron chi connectivity index (χ1n) is 5.65. The van der Waals surface area contributed by atoms with Gasteiger partial charge in [0.05, 0.1) is 12.8 Å². The van der Waals surface area contributed by atoms with E-state index in [0.717, 1.165) is 17.0 Å². The number of nitrogens with one attached hydrogen (secondary N) is 1. The van der Waals surface area contributed by atoms with Crippen molar-refractivity contribution in [1.82, 2.24) is 0 Å². The number of phenolic OH excluding ortho intramolecular Hbond substituents is 1. The van der Waals surface area contributed by atoms with E-state index in [0.29, 0.717) is 12.2 Å². The zero-order chi connectivity index (χ0) is 13.0. The lowest BCUT2D eigenvalue weighted by molar-refractivity contribution is 0.416. The molecule has 0 amide bonds. The minimum Gasteiger partial charge on any atom is -0.508 e. The standard InChI is InChI=1S/C14H16N2O2/c1-18-14-7-6-11(15)8-12(14)16-9-10-4-2-3-5-13(10)17/h2-8,16-17H,9,15H2,1H3. The molecule has 18 heavy (non-hydrogen) atoms. The van der Waals surface area contributed by atoms with Gasteiger partial charge in [-0.25, -0.2) is 0 Å². The van der Waals surface area contributed by atoms with Gasteiger partial charge in [-0.2, -0.15) is 0 Å². The Kier molecular flexibility index (Phi) is 3.57. The highest BCUT2D eigenvalue weighted by Gasteiger charge is 2.04. The number of ether oxygens (including phenoxy) is 1. The molecule has 0 aliphatic rings. The van der Waals surface area contributed by atoms with Crippen molar-refractivity contribution in [2.75, 3.05) is 18.2 Å². The van der Waals surface area contributed by atoms with Crippen molar-refractivity contribution in [3.63, 3.8) is 0 Å². The minimum absolute atomic E-state index is 0.271. The fraction of sp³-hybridized carbons (Fsp3) is 0.143. The van der Waals surface area contributed by atoms with E-state index in [2.05, 4.69) is 5.32 Å². The second-order valence-electron chi connectivity index (χ2n) is 3.94. The van der Waals surface area contributed by atoms with Crippen molar-refractivity contribution in [2.24, 2.45) is 0 Å². The number of methoxy groups -OCH3 is 1. The zero-order valence-corrected chi connectivity index (χ0v) is 10.2. The number of rotatable bonds is 4. The summed E-state index contributed by atoms with van der Waals surface area (Å²) in [6, 6.07) is 12.6. The molecule has 0 heterocycles. The number of anilines is 2. The van der Waals surface area contributed by atoms with Crippen molar-refractivity contribution >= 4 is 11.4 Å². The summed E-state index contributed by atoms with van der Waals surface area (Å²) >= 11 is 0. The predicted molar refractivity (Wildman–Crippen MR) is 72.8 cm³/mol. The van der Waals surface area contributed by atoms with E-state index in [-0.39, 0.29) is 5.75 Å². The minimum atomic E-state index is 0.271. The summed E-state index contributed by atoms with van der Waals surface area (Å²) in [5.74, 6) is 0.993. The molecule has 0 aliphatic carbocycles. The molecule has 0 bridgehead atoms. The molecule has 4 heteroatoms.